The molecular weight excluding hydrogens is 228 g/mol. The van der Waals surface area contributed by atoms with Gasteiger partial charge in [-0.25, -0.2) is 4.79 Å². The van der Waals surface area contributed by atoms with E-state index in [9.17, 15) is 4.79 Å². The molecule has 0 saturated carbocycles. The van der Waals surface area contributed by atoms with Crippen molar-refractivity contribution < 1.29 is 9.53 Å². The van der Waals surface area contributed by atoms with Gasteiger partial charge in [0.05, 0.1) is 19.8 Å². The Morgan fingerprint density at radius 2 is 2.25 bits per heavy atom. The Balaban J connectivity index is 1.78. The Morgan fingerprint density at radius 3 is 2.88 bits per heavy atom. The maximum absolute atomic E-state index is 11.7. The predicted molar refractivity (Wildman–Crippen MR) is 59.3 cm³/mol. The summed E-state index contributed by atoms with van der Waals surface area (Å²) in [6.45, 7) is 4.88. The molecule has 0 radical (unpaired) electrons. The summed E-state index contributed by atoms with van der Waals surface area (Å²) in [6.07, 6.45) is 0. The minimum absolute atomic E-state index is 0.0591. The van der Waals surface area contributed by atoms with E-state index in [4.69, 9.17) is 4.74 Å². The van der Waals surface area contributed by atoms with E-state index in [-0.39, 0.29) is 6.03 Å². The number of amides is 2. The standard InChI is InChI=1S/C9H14N4O2S/c1-7-11-12-8(16-7)6-10-9(14)13-2-4-15-5-3-13/h2-6H2,1H3,(H,10,14). The van der Waals surface area contributed by atoms with Crippen LogP contribution in [0.3, 0.4) is 0 Å². The van der Waals surface area contributed by atoms with Crippen LogP contribution in [0, 0.1) is 6.92 Å². The average Bonchev–Trinajstić information content (AvgIpc) is 2.73. The summed E-state index contributed by atoms with van der Waals surface area (Å²) in [5, 5.41) is 12.4. The summed E-state index contributed by atoms with van der Waals surface area (Å²) < 4.78 is 5.17. The molecule has 0 spiro atoms. The number of hydrogen-bond donors (Lipinski definition) is 1. The van der Waals surface area contributed by atoms with Crippen LogP contribution in [0.5, 0.6) is 0 Å². The number of aryl methyl sites for hydroxylation is 1. The molecule has 16 heavy (non-hydrogen) atoms. The molecule has 0 bridgehead atoms. The minimum atomic E-state index is -0.0591. The Bertz CT molecular complexity index is 362. The lowest BCUT2D eigenvalue weighted by atomic mass is 10.4. The van der Waals surface area contributed by atoms with Crippen molar-refractivity contribution in [3.05, 3.63) is 10.0 Å². The first-order valence-electron chi connectivity index (χ1n) is 5.15. The smallest absolute Gasteiger partial charge is 0.317 e. The maximum atomic E-state index is 11.7. The molecule has 1 saturated heterocycles. The lowest BCUT2D eigenvalue weighted by Crippen LogP contribution is -2.45. The number of ether oxygens (including phenoxy) is 1. The molecule has 1 fully saturated rings. The third kappa shape index (κ3) is 2.89. The monoisotopic (exact) mass is 242 g/mol. The third-order valence-corrected chi connectivity index (χ3v) is 3.10. The van der Waals surface area contributed by atoms with E-state index >= 15 is 0 Å². The van der Waals surface area contributed by atoms with Gasteiger partial charge in [-0.1, -0.05) is 11.3 Å². The van der Waals surface area contributed by atoms with Crippen LogP contribution in [0.25, 0.3) is 0 Å². The zero-order valence-corrected chi connectivity index (χ0v) is 9.92. The molecule has 1 aromatic rings. The maximum Gasteiger partial charge on any atom is 0.317 e. The SMILES string of the molecule is Cc1nnc(CNC(=O)N2CCOCC2)s1. The second-order valence-electron chi connectivity index (χ2n) is 3.47. The molecule has 1 aliphatic rings. The van der Waals surface area contributed by atoms with Gasteiger partial charge in [-0.15, -0.1) is 10.2 Å². The quantitative estimate of drug-likeness (QED) is 0.814. The lowest BCUT2D eigenvalue weighted by Gasteiger charge is -2.26. The molecule has 1 aliphatic heterocycles. The fraction of sp³-hybridized carbons (Fsp3) is 0.667. The van der Waals surface area contributed by atoms with E-state index in [1.807, 2.05) is 6.92 Å². The van der Waals surface area contributed by atoms with Gasteiger partial charge in [-0.3, -0.25) is 0 Å². The number of nitrogens with one attached hydrogen (secondary N) is 1. The summed E-state index contributed by atoms with van der Waals surface area (Å²) in [5.41, 5.74) is 0. The Kier molecular flexibility index (Phi) is 3.68. The van der Waals surface area contributed by atoms with Gasteiger partial charge >= 0.3 is 6.03 Å². The number of carbonyl (C=O) groups excluding carboxylic acids is 1. The van der Waals surface area contributed by atoms with Crippen LogP contribution in [0.4, 0.5) is 4.79 Å². The molecule has 0 aliphatic carbocycles. The highest BCUT2D eigenvalue weighted by atomic mass is 32.1. The zero-order chi connectivity index (χ0) is 11.4. The van der Waals surface area contributed by atoms with Crippen molar-refractivity contribution in [3.8, 4) is 0 Å². The number of hydrogen-bond acceptors (Lipinski definition) is 5. The molecule has 7 heteroatoms. The van der Waals surface area contributed by atoms with E-state index in [0.29, 0.717) is 32.8 Å². The summed E-state index contributed by atoms with van der Waals surface area (Å²) >= 11 is 1.50. The van der Waals surface area contributed by atoms with Crippen molar-refractivity contribution in [2.24, 2.45) is 0 Å². The molecule has 2 heterocycles. The van der Waals surface area contributed by atoms with Gasteiger partial charge in [0.15, 0.2) is 0 Å². The van der Waals surface area contributed by atoms with Crippen LogP contribution < -0.4 is 5.32 Å². The fourth-order valence-corrected chi connectivity index (χ4v) is 2.09. The zero-order valence-electron chi connectivity index (χ0n) is 9.10. The van der Waals surface area contributed by atoms with Crippen molar-refractivity contribution in [1.82, 2.24) is 20.4 Å². The van der Waals surface area contributed by atoms with Gasteiger partial charge in [-0.2, -0.15) is 0 Å². The van der Waals surface area contributed by atoms with Gasteiger partial charge < -0.3 is 15.0 Å². The molecule has 2 amide bonds. The number of rotatable bonds is 2. The van der Waals surface area contributed by atoms with E-state index in [1.54, 1.807) is 4.90 Å². The molecular formula is C9H14N4O2S. The van der Waals surface area contributed by atoms with Crippen LogP contribution >= 0.6 is 11.3 Å². The van der Waals surface area contributed by atoms with Gasteiger partial charge in [0, 0.05) is 13.1 Å². The summed E-state index contributed by atoms with van der Waals surface area (Å²) in [4.78, 5) is 13.4. The Morgan fingerprint density at radius 1 is 1.50 bits per heavy atom. The highest BCUT2D eigenvalue weighted by Gasteiger charge is 2.16. The number of morpholine rings is 1. The predicted octanol–water partition coefficient (Wildman–Crippen LogP) is 0.388. The number of aromatic nitrogens is 2. The Labute approximate surface area is 97.6 Å². The van der Waals surface area contributed by atoms with Crippen LogP contribution in [-0.4, -0.2) is 47.4 Å². The van der Waals surface area contributed by atoms with Crippen molar-refractivity contribution in [2.75, 3.05) is 26.3 Å². The molecule has 2 rings (SSSR count). The van der Waals surface area contributed by atoms with Gasteiger partial charge in [0.2, 0.25) is 0 Å². The normalized spacial score (nSPS) is 16.2. The highest BCUT2D eigenvalue weighted by molar-refractivity contribution is 7.11. The minimum Gasteiger partial charge on any atom is -0.378 e. The molecule has 1 aromatic heterocycles. The van der Waals surface area contributed by atoms with E-state index in [1.165, 1.54) is 11.3 Å². The average molecular weight is 242 g/mol. The van der Waals surface area contributed by atoms with Crippen LogP contribution in [-0.2, 0) is 11.3 Å². The summed E-state index contributed by atoms with van der Waals surface area (Å²) in [7, 11) is 0. The van der Waals surface area contributed by atoms with Crippen LogP contribution in [0.2, 0.25) is 0 Å². The van der Waals surface area contributed by atoms with Crippen LogP contribution in [0.15, 0.2) is 0 Å². The second-order valence-corrected chi connectivity index (χ2v) is 4.74. The first-order chi connectivity index (χ1) is 7.75. The lowest BCUT2D eigenvalue weighted by molar-refractivity contribution is 0.0531. The van der Waals surface area contributed by atoms with Crippen molar-refractivity contribution in [3.63, 3.8) is 0 Å². The molecule has 88 valence electrons. The highest BCUT2D eigenvalue weighted by Crippen LogP contribution is 2.07. The fourth-order valence-electron chi connectivity index (χ4n) is 1.44. The summed E-state index contributed by atoms with van der Waals surface area (Å²) in [6, 6.07) is -0.0591. The first kappa shape index (κ1) is 11.3. The number of carbonyl (C=O) groups is 1. The van der Waals surface area contributed by atoms with Crippen molar-refractivity contribution >= 4 is 17.4 Å². The van der Waals surface area contributed by atoms with Gasteiger partial charge in [0.25, 0.3) is 0 Å². The van der Waals surface area contributed by atoms with Crippen molar-refractivity contribution in [2.45, 2.75) is 13.5 Å². The second kappa shape index (κ2) is 5.22. The van der Waals surface area contributed by atoms with Gasteiger partial charge in [-0.05, 0) is 6.92 Å². The van der Waals surface area contributed by atoms with Gasteiger partial charge in [0.1, 0.15) is 10.0 Å². The van der Waals surface area contributed by atoms with E-state index in [0.717, 1.165) is 10.0 Å². The molecule has 0 atom stereocenters. The molecule has 0 aromatic carbocycles. The molecule has 1 N–H and O–H groups in total. The van der Waals surface area contributed by atoms with E-state index in [2.05, 4.69) is 15.5 Å². The van der Waals surface area contributed by atoms with Crippen molar-refractivity contribution in [1.29, 1.82) is 0 Å². The topological polar surface area (TPSA) is 67.4 Å². The first-order valence-corrected chi connectivity index (χ1v) is 5.97. The van der Waals surface area contributed by atoms with E-state index < -0.39 is 0 Å². The molecule has 0 unspecified atom stereocenters. The largest absolute Gasteiger partial charge is 0.378 e. The number of nitrogens with zero attached hydrogens (tertiary/aromatic N) is 3. The third-order valence-electron chi connectivity index (χ3n) is 2.26. The number of urea groups is 1. The Hall–Kier alpha value is -1.21. The van der Waals surface area contributed by atoms with Crippen LogP contribution in [0.1, 0.15) is 10.0 Å². The molecule has 6 nitrogen and oxygen atoms in total. The summed E-state index contributed by atoms with van der Waals surface area (Å²) in [5.74, 6) is 0.